The van der Waals surface area contributed by atoms with Crippen molar-refractivity contribution in [1.82, 2.24) is 10.3 Å². The molecule has 0 radical (unpaired) electrons. The van der Waals surface area contributed by atoms with Crippen LogP contribution in [0.2, 0.25) is 0 Å². The fraction of sp³-hybridized carbons (Fsp3) is 0.176. The molecule has 1 heterocycles. The third-order valence-electron chi connectivity index (χ3n) is 2.93. The van der Waals surface area contributed by atoms with Gasteiger partial charge in [0.15, 0.2) is 0 Å². The molecular weight excluding hydrogens is 281 g/mol. The summed E-state index contributed by atoms with van der Waals surface area (Å²) in [5.41, 5.74) is 0.0577. The maximum Gasteiger partial charge on any atom is 0.256 e. The molecule has 0 atom stereocenters. The fourth-order valence-electron chi connectivity index (χ4n) is 1.78. The van der Waals surface area contributed by atoms with Crippen molar-refractivity contribution in [2.45, 2.75) is 19.4 Å². The summed E-state index contributed by atoms with van der Waals surface area (Å²) < 4.78 is 13.2. The van der Waals surface area contributed by atoms with Crippen LogP contribution in [0.15, 0.2) is 42.6 Å². The standard InChI is InChI=1S/C17H16FN3O/c1-4-17(2,3)21-16(22)14-9-6-10-19-15(14)20-13-8-5-7-12(18)11-13/h1,5-11H,2-3H3,(H,19,20)(H,21,22). The van der Waals surface area contributed by atoms with E-state index in [4.69, 9.17) is 6.42 Å². The number of amides is 1. The molecule has 0 aliphatic heterocycles. The number of halogens is 1. The molecule has 0 spiro atoms. The number of carbonyl (C=O) groups excluding carboxylic acids is 1. The zero-order valence-electron chi connectivity index (χ0n) is 12.4. The van der Waals surface area contributed by atoms with E-state index < -0.39 is 5.54 Å². The van der Waals surface area contributed by atoms with Crippen molar-refractivity contribution in [2.75, 3.05) is 5.32 Å². The highest BCUT2D eigenvalue weighted by atomic mass is 19.1. The molecule has 0 bridgehead atoms. The zero-order chi connectivity index (χ0) is 16.2. The van der Waals surface area contributed by atoms with Gasteiger partial charge in [-0.05, 0) is 44.2 Å². The second-order valence-electron chi connectivity index (χ2n) is 5.26. The van der Waals surface area contributed by atoms with Crippen LogP contribution in [0.4, 0.5) is 15.9 Å². The topological polar surface area (TPSA) is 54.0 Å². The Morgan fingerprint density at radius 2 is 2.09 bits per heavy atom. The molecule has 0 saturated heterocycles. The van der Waals surface area contributed by atoms with Crippen LogP contribution in [-0.2, 0) is 0 Å². The molecule has 0 aliphatic rings. The van der Waals surface area contributed by atoms with Gasteiger partial charge in [-0.15, -0.1) is 6.42 Å². The number of carbonyl (C=O) groups is 1. The van der Waals surface area contributed by atoms with Gasteiger partial charge in [0, 0.05) is 11.9 Å². The SMILES string of the molecule is C#CC(C)(C)NC(=O)c1cccnc1Nc1cccc(F)c1. The summed E-state index contributed by atoms with van der Waals surface area (Å²) in [5.74, 6) is 2.10. The van der Waals surface area contributed by atoms with Crippen molar-refractivity contribution in [3.8, 4) is 12.3 Å². The maximum absolute atomic E-state index is 13.2. The number of anilines is 2. The highest BCUT2D eigenvalue weighted by molar-refractivity contribution is 5.99. The number of hydrogen-bond acceptors (Lipinski definition) is 3. The Morgan fingerprint density at radius 3 is 2.77 bits per heavy atom. The molecule has 1 amide bonds. The Morgan fingerprint density at radius 1 is 1.32 bits per heavy atom. The summed E-state index contributed by atoms with van der Waals surface area (Å²) in [6.07, 6.45) is 6.92. The van der Waals surface area contributed by atoms with E-state index in [1.54, 1.807) is 44.3 Å². The largest absolute Gasteiger partial charge is 0.339 e. The summed E-state index contributed by atoms with van der Waals surface area (Å²) in [7, 11) is 0. The minimum Gasteiger partial charge on any atom is -0.339 e. The first-order chi connectivity index (χ1) is 10.4. The molecule has 0 unspecified atom stereocenters. The Hall–Kier alpha value is -2.87. The van der Waals surface area contributed by atoms with E-state index in [1.165, 1.54) is 12.1 Å². The maximum atomic E-state index is 13.2. The predicted molar refractivity (Wildman–Crippen MR) is 84.3 cm³/mol. The molecule has 5 heteroatoms. The highest BCUT2D eigenvalue weighted by Gasteiger charge is 2.20. The lowest BCUT2D eigenvalue weighted by Crippen LogP contribution is -2.42. The Labute approximate surface area is 128 Å². The van der Waals surface area contributed by atoms with Crippen molar-refractivity contribution in [3.05, 3.63) is 54.0 Å². The second kappa shape index (κ2) is 6.27. The van der Waals surface area contributed by atoms with Gasteiger partial charge in [-0.25, -0.2) is 9.37 Å². The lowest BCUT2D eigenvalue weighted by Gasteiger charge is -2.20. The van der Waals surface area contributed by atoms with Gasteiger partial charge in [0.2, 0.25) is 0 Å². The molecule has 0 fully saturated rings. The van der Waals surface area contributed by atoms with Crippen LogP contribution >= 0.6 is 0 Å². The number of nitrogens with zero attached hydrogens (tertiary/aromatic N) is 1. The first-order valence-corrected chi connectivity index (χ1v) is 6.69. The summed E-state index contributed by atoms with van der Waals surface area (Å²) in [6.45, 7) is 3.45. The Balaban J connectivity index is 2.27. The van der Waals surface area contributed by atoms with E-state index in [-0.39, 0.29) is 11.7 Å². The second-order valence-corrected chi connectivity index (χ2v) is 5.26. The summed E-state index contributed by atoms with van der Waals surface area (Å²) in [4.78, 5) is 16.5. The van der Waals surface area contributed by atoms with Crippen LogP contribution in [-0.4, -0.2) is 16.4 Å². The van der Waals surface area contributed by atoms with Crippen LogP contribution in [0.25, 0.3) is 0 Å². The lowest BCUT2D eigenvalue weighted by atomic mass is 10.1. The fourth-order valence-corrected chi connectivity index (χ4v) is 1.78. The number of aromatic nitrogens is 1. The third-order valence-corrected chi connectivity index (χ3v) is 2.93. The average Bonchev–Trinajstić information content (AvgIpc) is 2.47. The van der Waals surface area contributed by atoms with Gasteiger partial charge in [-0.1, -0.05) is 12.0 Å². The van der Waals surface area contributed by atoms with Gasteiger partial charge in [0.25, 0.3) is 5.91 Å². The highest BCUT2D eigenvalue weighted by Crippen LogP contribution is 2.19. The summed E-state index contributed by atoms with van der Waals surface area (Å²) in [6, 6.07) is 9.19. The van der Waals surface area contributed by atoms with Crippen LogP contribution < -0.4 is 10.6 Å². The van der Waals surface area contributed by atoms with Gasteiger partial charge in [-0.2, -0.15) is 0 Å². The number of rotatable bonds is 4. The van der Waals surface area contributed by atoms with E-state index >= 15 is 0 Å². The molecule has 2 aromatic rings. The molecule has 4 nitrogen and oxygen atoms in total. The van der Waals surface area contributed by atoms with Crippen molar-refractivity contribution < 1.29 is 9.18 Å². The molecule has 0 saturated carbocycles. The van der Waals surface area contributed by atoms with E-state index in [1.807, 2.05) is 0 Å². The van der Waals surface area contributed by atoms with E-state index in [9.17, 15) is 9.18 Å². The molecular formula is C17H16FN3O. The number of terminal acetylenes is 1. The molecule has 112 valence electrons. The van der Waals surface area contributed by atoms with Crippen LogP contribution in [0, 0.1) is 18.2 Å². The van der Waals surface area contributed by atoms with Crippen LogP contribution in [0.5, 0.6) is 0 Å². The monoisotopic (exact) mass is 297 g/mol. The van der Waals surface area contributed by atoms with E-state index in [0.717, 1.165) is 0 Å². The molecule has 0 aliphatic carbocycles. The number of benzene rings is 1. The lowest BCUT2D eigenvalue weighted by molar-refractivity contribution is 0.0930. The zero-order valence-corrected chi connectivity index (χ0v) is 12.4. The summed E-state index contributed by atoms with van der Waals surface area (Å²) in [5, 5.41) is 5.67. The minimum atomic E-state index is -0.775. The van der Waals surface area contributed by atoms with E-state index in [2.05, 4.69) is 21.5 Å². The Bertz CT molecular complexity index is 735. The van der Waals surface area contributed by atoms with Gasteiger partial charge < -0.3 is 10.6 Å². The van der Waals surface area contributed by atoms with Crippen molar-refractivity contribution in [1.29, 1.82) is 0 Å². The van der Waals surface area contributed by atoms with Crippen molar-refractivity contribution in [3.63, 3.8) is 0 Å². The normalized spacial score (nSPS) is 10.6. The first kappa shape index (κ1) is 15.5. The molecule has 2 rings (SSSR count). The Kier molecular flexibility index (Phi) is 4.42. The number of hydrogen-bond donors (Lipinski definition) is 2. The molecule has 22 heavy (non-hydrogen) atoms. The first-order valence-electron chi connectivity index (χ1n) is 6.69. The van der Waals surface area contributed by atoms with Crippen molar-refractivity contribution >= 4 is 17.4 Å². The third kappa shape index (κ3) is 3.83. The summed E-state index contributed by atoms with van der Waals surface area (Å²) >= 11 is 0. The minimum absolute atomic E-state index is 0.329. The van der Waals surface area contributed by atoms with Gasteiger partial charge in [0.05, 0.1) is 11.1 Å². The number of nitrogens with one attached hydrogen (secondary N) is 2. The van der Waals surface area contributed by atoms with Crippen LogP contribution in [0.3, 0.4) is 0 Å². The average molecular weight is 297 g/mol. The predicted octanol–water partition coefficient (Wildman–Crippen LogP) is 3.11. The molecule has 1 aromatic carbocycles. The van der Waals surface area contributed by atoms with Gasteiger partial charge in [-0.3, -0.25) is 4.79 Å². The number of pyridine rings is 1. The quantitative estimate of drug-likeness (QED) is 0.853. The van der Waals surface area contributed by atoms with Gasteiger partial charge in [0.1, 0.15) is 11.6 Å². The molecule has 1 aromatic heterocycles. The van der Waals surface area contributed by atoms with E-state index in [0.29, 0.717) is 17.1 Å². The van der Waals surface area contributed by atoms with Crippen LogP contribution in [0.1, 0.15) is 24.2 Å². The smallest absolute Gasteiger partial charge is 0.256 e. The van der Waals surface area contributed by atoms with Crippen molar-refractivity contribution in [2.24, 2.45) is 0 Å². The van der Waals surface area contributed by atoms with Gasteiger partial charge >= 0.3 is 0 Å². The molecule has 2 N–H and O–H groups in total.